The van der Waals surface area contributed by atoms with Gasteiger partial charge in [0.05, 0.1) is 6.61 Å². The van der Waals surface area contributed by atoms with E-state index in [1.165, 1.54) is 0 Å². The van der Waals surface area contributed by atoms with Crippen molar-refractivity contribution in [1.29, 1.82) is 0 Å². The Kier molecular flexibility index (Phi) is 7.71. The van der Waals surface area contributed by atoms with E-state index in [1.54, 1.807) is 24.3 Å². The van der Waals surface area contributed by atoms with Crippen molar-refractivity contribution in [2.45, 2.75) is 44.6 Å². The lowest BCUT2D eigenvalue weighted by molar-refractivity contribution is 0.298. The summed E-state index contributed by atoms with van der Waals surface area (Å²) in [7, 11) is -3.50. The molecule has 0 heterocycles. The van der Waals surface area contributed by atoms with Gasteiger partial charge in [-0.3, -0.25) is 0 Å². The van der Waals surface area contributed by atoms with Gasteiger partial charge < -0.3 is 10.1 Å². The average Bonchev–Trinajstić information content (AvgIpc) is 2.45. The predicted octanol–water partition coefficient (Wildman–Crippen LogP) is 2.14. The summed E-state index contributed by atoms with van der Waals surface area (Å²) in [6, 6.07) is 7.18. The molecular formula is C15H26N2O3S. The minimum atomic E-state index is -3.50. The summed E-state index contributed by atoms with van der Waals surface area (Å²) in [4.78, 5) is 0.204. The van der Waals surface area contributed by atoms with Crippen molar-refractivity contribution < 1.29 is 13.2 Å². The van der Waals surface area contributed by atoms with Crippen LogP contribution in [0.3, 0.4) is 0 Å². The average molecular weight is 314 g/mol. The van der Waals surface area contributed by atoms with Gasteiger partial charge >= 0.3 is 0 Å². The molecule has 21 heavy (non-hydrogen) atoms. The van der Waals surface area contributed by atoms with E-state index in [2.05, 4.69) is 23.9 Å². The molecule has 120 valence electrons. The number of rotatable bonds is 10. The summed E-state index contributed by atoms with van der Waals surface area (Å²) >= 11 is 0. The molecule has 0 aliphatic carbocycles. The molecule has 1 aromatic rings. The normalized spacial score (nSPS) is 11.8. The van der Waals surface area contributed by atoms with Crippen LogP contribution >= 0.6 is 0 Å². The first kappa shape index (κ1) is 17.9. The summed E-state index contributed by atoms with van der Waals surface area (Å²) in [5, 5.41) is 3.29. The number of hydrogen-bond acceptors (Lipinski definition) is 4. The Bertz CT molecular complexity index is 515. The van der Waals surface area contributed by atoms with Crippen LogP contribution in [0.15, 0.2) is 29.2 Å². The molecule has 0 saturated carbocycles. The van der Waals surface area contributed by atoms with Crippen molar-refractivity contribution in [3.05, 3.63) is 24.3 Å². The number of nitrogens with one attached hydrogen (secondary N) is 2. The summed E-state index contributed by atoms with van der Waals surface area (Å²) in [5.74, 6) is 0.408. The van der Waals surface area contributed by atoms with Gasteiger partial charge in [-0.1, -0.05) is 32.9 Å². The Morgan fingerprint density at radius 3 is 2.57 bits per heavy atom. The van der Waals surface area contributed by atoms with Crippen LogP contribution in [0.1, 0.15) is 33.6 Å². The van der Waals surface area contributed by atoms with Gasteiger partial charge in [0.1, 0.15) is 10.6 Å². The zero-order valence-corrected chi connectivity index (χ0v) is 13.9. The van der Waals surface area contributed by atoms with Crippen LogP contribution in [0, 0.1) is 0 Å². The van der Waals surface area contributed by atoms with Gasteiger partial charge in [-0.15, -0.1) is 0 Å². The lowest BCUT2D eigenvalue weighted by Gasteiger charge is -2.13. The second kappa shape index (κ2) is 9.02. The summed E-state index contributed by atoms with van der Waals surface area (Å²) in [5.41, 5.74) is 0. The molecule has 0 bridgehead atoms. The number of ether oxygens (including phenoxy) is 1. The Labute approximate surface area is 128 Å². The maximum Gasteiger partial charge on any atom is 0.244 e. The molecule has 1 aromatic carbocycles. The zero-order valence-electron chi connectivity index (χ0n) is 13.1. The van der Waals surface area contributed by atoms with Gasteiger partial charge in [0.2, 0.25) is 10.0 Å². The van der Waals surface area contributed by atoms with Crippen LogP contribution < -0.4 is 14.8 Å². The van der Waals surface area contributed by atoms with E-state index in [4.69, 9.17) is 4.74 Å². The number of sulfonamides is 1. The van der Waals surface area contributed by atoms with E-state index in [0.717, 1.165) is 19.4 Å². The summed E-state index contributed by atoms with van der Waals surface area (Å²) < 4.78 is 32.6. The molecule has 6 heteroatoms. The van der Waals surface area contributed by atoms with Gasteiger partial charge in [-0.25, -0.2) is 13.1 Å². The SMILES string of the molecule is CCCNS(=O)(=O)c1ccccc1OCCCNC(C)C. The minimum absolute atomic E-state index is 0.204. The second-order valence-corrected chi connectivity index (χ2v) is 6.89. The highest BCUT2D eigenvalue weighted by Gasteiger charge is 2.18. The van der Waals surface area contributed by atoms with Crippen LogP contribution in [0.4, 0.5) is 0 Å². The first-order valence-corrected chi connectivity index (χ1v) is 8.90. The van der Waals surface area contributed by atoms with Gasteiger partial charge in [-0.2, -0.15) is 0 Å². The van der Waals surface area contributed by atoms with E-state index in [9.17, 15) is 8.42 Å². The first-order chi connectivity index (χ1) is 9.97. The molecule has 0 unspecified atom stereocenters. The fraction of sp³-hybridized carbons (Fsp3) is 0.600. The second-order valence-electron chi connectivity index (χ2n) is 5.16. The molecule has 0 spiro atoms. The fourth-order valence-corrected chi connectivity index (χ4v) is 3.03. The maximum atomic E-state index is 12.2. The molecule has 0 amide bonds. The smallest absolute Gasteiger partial charge is 0.244 e. The summed E-state index contributed by atoms with van der Waals surface area (Å²) in [6.07, 6.45) is 1.58. The van der Waals surface area contributed by atoms with Gasteiger partial charge in [0.25, 0.3) is 0 Å². The van der Waals surface area contributed by atoms with E-state index in [0.29, 0.717) is 24.9 Å². The molecular weight excluding hydrogens is 288 g/mol. The number of hydrogen-bond donors (Lipinski definition) is 2. The monoisotopic (exact) mass is 314 g/mol. The molecule has 0 aliphatic heterocycles. The zero-order chi connectivity index (χ0) is 15.7. The fourth-order valence-electron chi connectivity index (χ4n) is 1.75. The summed E-state index contributed by atoms with van der Waals surface area (Å²) in [6.45, 7) is 7.85. The van der Waals surface area contributed by atoms with Crippen LogP contribution in [0.5, 0.6) is 5.75 Å². The topological polar surface area (TPSA) is 67.4 Å². The quantitative estimate of drug-likeness (QED) is 0.649. The molecule has 0 fully saturated rings. The maximum absolute atomic E-state index is 12.2. The minimum Gasteiger partial charge on any atom is -0.492 e. The third kappa shape index (κ3) is 6.46. The van der Waals surface area contributed by atoms with E-state index in [1.807, 2.05) is 6.92 Å². The molecule has 2 N–H and O–H groups in total. The highest BCUT2D eigenvalue weighted by molar-refractivity contribution is 7.89. The van der Waals surface area contributed by atoms with Crippen molar-refractivity contribution in [3.63, 3.8) is 0 Å². The Balaban J connectivity index is 2.63. The lowest BCUT2D eigenvalue weighted by Crippen LogP contribution is -2.26. The lowest BCUT2D eigenvalue weighted by atomic mass is 10.3. The molecule has 1 rings (SSSR count). The Morgan fingerprint density at radius 1 is 1.19 bits per heavy atom. The third-order valence-electron chi connectivity index (χ3n) is 2.81. The van der Waals surface area contributed by atoms with Gasteiger partial charge in [0.15, 0.2) is 0 Å². The highest BCUT2D eigenvalue weighted by Crippen LogP contribution is 2.23. The number of benzene rings is 1. The van der Waals surface area contributed by atoms with Crippen molar-refractivity contribution in [2.24, 2.45) is 0 Å². The molecule has 0 saturated heterocycles. The Morgan fingerprint density at radius 2 is 1.90 bits per heavy atom. The van der Waals surface area contributed by atoms with E-state index < -0.39 is 10.0 Å². The van der Waals surface area contributed by atoms with E-state index >= 15 is 0 Å². The van der Waals surface area contributed by atoms with E-state index in [-0.39, 0.29) is 4.90 Å². The molecule has 0 aromatic heterocycles. The molecule has 0 atom stereocenters. The molecule has 5 nitrogen and oxygen atoms in total. The van der Waals surface area contributed by atoms with Crippen molar-refractivity contribution in [2.75, 3.05) is 19.7 Å². The van der Waals surface area contributed by atoms with Crippen LogP contribution in [-0.2, 0) is 10.0 Å². The van der Waals surface area contributed by atoms with Crippen LogP contribution in [0.25, 0.3) is 0 Å². The van der Waals surface area contributed by atoms with Crippen molar-refractivity contribution >= 4 is 10.0 Å². The highest BCUT2D eigenvalue weighted by atomic mass is 32.2. The molecule has 0 radical (unpaired) electrons. The van der Waals surface area contributed by atoms with Crippen LogP contribution in [0.2, 0.25) is 0 Å². The largest absolute Gasteiger partial charge is 0.492 e. The van der Waals surface area contributed by atoms with Gasteiger partial charge in [0, 0.05) is 12.6 Å². The predicted molar refractivity (Wildman–Crippen MR) is 85.2 cm³/mol. The van der Waals surface area contributed by atoms with Crippen molar-refractivity contribution in [3.8, 4) is 5.75 Å². The van der Waals surface area contributed by atoms with Gasteiger partial charge in [-0.05, 0) is 31.5 Å². The standard InChI is InChI=1S/C15H26N2O3S/c1-4-10-17-21(18,19)15-9-6-5-8-14(15)20-12-7-11-16-13(2)3/h5-6,8-9,13,16-17H,4,7,10-12H2,1-3H3. The first-order valence-electron chi connectivity index (χ1n) is 7.42. The third-order valence-corrected chi connectivity index (χ3v) is 4.31. The van der Waals surface area contributed by atoms with Crippen LogP contribution in [-0.4, -0.2) is 34.2 Å². The Hall–Kier alpha value is -1.11. The molecule has 0 aliphatic rings. The van der Waals surface area contributed by atoms with Crippen molar-refractivity contribution in [1.82, 2.24) is 10.0 Å². The number of para-hydroxylation sites is 1.